The van der Waals surface area contributed by atoms with Crippen LogP contribution >= 0.6 is 0 Å². The van der Waals surface area contributed by atoms with Gasteiger partial charge in [-0.1, -0.05) is 32.9 Å². The highest BCUT2D eigenvalue weighted by molar-refractivity contribution is 5.96. The van der Waals surface area contributed by atoms with E-state index in [2.05, 4.69) is 48.3 Å². The summed E-state index contributed by atoms with van der Waals surface area (Å²) in [4.78, 5) is 11.3. The smallest absolute Gasteiger partial charge is 0.271 e. The number of H-pyrrole nitrogens is 1. The number of hydrogen-bond donors (Lipinski definition) is 2. The molecule has 0 atom stereocenters. The number of carbonyl (C=O) groups is 1. The number of aromatic nitrogens is 3. The quantitative estimate of drug-likeness (QED) is 0.760. The summed E-state index contributed by atoms with van der Waals surface area (Å²) in [6, 6.07) is 15.3. The van der Waals surface area contributed by atoms with Gasteiger partial charge in [-0.3, -0.25) is 4.79 Å². The molecule has 0 aliphatic heterocycles. The lowest BCUT2D eigenvalue weighted by Gasteiger charge is -2.19. The third kappa shape index (κ3) is 3.68. The normalized spacial score (nSPS) is 11.3. The average molecular weight is 336 g/mol. The van der Waals surface area contributed by atoms with Gasteiger partial charge in [0.2, 0.25) is 0 Å². The molecular weight excluding hydrogens is 316 g/mol. The van der Waals surface area contributed by atoms with Crippen molar-refractivity contribution in [2.45, 2.75) is 26.2 Å². The first kappa shape index (κ1) is 16.7. The van der Waals surface area contributed by atoms with Crippen molar-refractivity contribution in [1.29, 1.82) is 0 Å². The maximum Gasteiger partial charge on any atom is 0.271 e. The number of hydrogen-bond acceptors (Lipinski definition) is 4. The van der Waals surface area contributed by atoms with E-state index in [1.54, 1.807) is 0 Å². The van der Waals surface area contributed by atoms with E-state index < -0.39 is 5.91 Å². The lowest BCUT2D eigenvalue weighted by atomic mass is 9.87. The molecule has 1 aromatic heterocycles. The summed E-state index contributed by atoms with van der Waals surface area (Å²) in [5, 5.41) is 10.2. The van der Waals surface area contributed by atoms with Gasteiger partial charge in [-0.05, 0) is 47.4 Å². The molecule has 0 spiro atoms. The monoisotopic (exact) mass is 336 g/mol. The zero-order chi connectivity index (χ0) is 18.0. The van der Waals surface area contributed by atoms with Crippen LogP contribution in [0.3, 0.4) is 0 Å². The minimum absolute atomic E-state index is 0.107. The van der Waals surface area contributed by atoms with Gasteiger partial charge in [0.25, 0.3) is 5.91 Å². The summed E-state index contributed by atoms with van der Waals surface area (Å²) in [6.45, 7) is 6.52. The van der Waals surface area contributed by atoms with Crippen LogP contribution in [-0.2, 0) is 5.41 Å². The van der Waals surface area contributed by atoms with Crippen molar-refractivity contribution in [3.63, 3.8) is 0 Å². The summed E-state index contributed by atoms with van der Waals surface area (Å²) >= 11 is 0. The first-order valence-electron chi connectivity index (χ1n) is 7.94. The average Bonchev–Trinajstić information content (AvgIpc) is 3.05. The third-order valence-corrected chi connectivity index (χ3v) is 3.87. The second-order valence-electron chi connectivity index (χ2n) is 6.79. The molecule has 0 aliphatic carbocycles. The number of primary amides is 1. The second-order valence-corrected chi connectivity index (χ2v) is 6.79. The molecule has 0 aliphatic rings. The van der Waals surface area contributed by atoms with E-state index in [-0.39, 0.29) is 11.1 Å². The van der Waals surface area contributed by atoms with E-state index >= 15 is 0 Å². The molecule has 6 heteroatoms. The number of aromatic amines is 1. The molecule has 25 heavy (non-hydrogen) atoms. The molecule has 0 fully saturated rings. The zero-order valence-corrected chi connectivity index (χ0v) is 14.4. The van der Waals surface area contributed by atoms with Crippen molar-refractivity contribution in [2.75, 3.05) is 0 Å². The number of nitrogens with zero attached hydrogens (tertiary/aromatic N) is 2. The van der Waals surface area contributed by atoms with E-state index in [4.69, 9.17) is 10.5 Å². The lowest BCUT2D eigenvalue weighted by molar-refractivity contribution is 0.0996. The van der Waals surface area contributed by atoms with E-state index in [0.717, 1.165) is 11.3 Å². The van der Waals surface area contributed by atoms with Crippen LogP contribution in [0, 0.1) is 0 Å². The zero-order valence-electron chi connectivity index (χ0n) is 14.4. The number of nitrogens with one attached hydrogen (secondary N) is 1. The summed E-state index contributed by atoms with van der Waals surface area (Å²) in [6.07, 6.45) is 0. The van der Waals surface area contributed by atoms with Gasteiger partial charge < -0.3 is 10.5 Å². The van der Waals surface area contributed by atoms with Crippen LogP contribution in [0.15, 0.2) is 48.5 Å². The minimum Gasteiger partial charge on any atom is -0.457 e. The molecule has 0 unspecified atom stereocenters. The molecule has 0 saturated heterocycles. The van der Waals surface area contributed by atoms with Crippen LogP contribution < -0.4 is 10.5 Å². The highest BCUT2D eigenvalue weighted by atomic mass is 16.5. The predicted octanol–water partition coefficient (Wildman–Crippen LogP) is 3.66. The lowest BCUT2D eigenvalue weighted by Crippen LogP contribution is -2.12. The van der Waals surface area contributed by atoms with Crippen LogP contribution in [0.1, 0.15) is 36.8 Å². The van der Waals surface area contributed by atoms with Gasteiger partial charge >= 0.3 is 0 Å². The number of carbonyl (C=O) groups excluding carboxylic acids is 1. The third-order valence-electron chi connectivity index (χ3n) is 3.87. The number of ether oxygens (including phenoxy) is 1. The molecular formula is C19H20N4O2. The Hall–Kier alpha value is -3.15. The summed E-state index contributed by atoms with van der Waals surface area (Å²) < 4.78 is 5.86. The number of nitrogens with two attached hydrogens (primary N) is 1. The SMILES string of the molecule is CC(C)(C)c1ccc(Oc2ccc(-c3n[nH]nc3C(N)=O)cc2)cc1. The molecule has 1 heterocycles. The van der Waals surface area contributed by atoms with E-state index in [1.165, 1.54) is 5.56 Å². The van der Waals surface area contributed by atoms with Gasteiger partial charge in [0, 0.05) is 5.56 Å². The molecule has 1 amide bonds. The number of benzene rings is 2. The van der Waals surface area contributed by atoms with Crippen LogP contribution in [0.2, 0.25) is 0 Å². The van der Waals surface area contributed by atoms with Crippen LogP contribution in [0.5, 0.6) is 11.5 Å². The molecule has 3 N–H and O–H groups in total. The molecule has 0 radical (unpaired) electrons. The topological polar surface area (TPSA) is 93.9 Å². The van der Waals surface area contributed by atoms with Crippen molar-refractivity contribution < 1.29 is 9.53 Å². The van der Waals surface area contributed by atoms with Gasteiger partial charge in [0.1, 0.15) is 17.2 Å². The van der Waals surface area contributed by atoms with Crippen LogP contribution in [0.4, 0.5) is 0 Å². The fraction of sp³-hybridized carbons (Fsp3) is 0.211. The second kappa shape index (κ2) is 6.39. The Morgan fingerprint density at radius 3 is 2.04 bits per heavy atom. The predicted molar refractivity (Wildman–Crippen MR) is 95.6 cm³/mol. The van der Waals surface area contributed by atoms with E-state index in [9.17, 15) is 4.79 Å². The summed E-state index contributed by atoms with van der Waals surface area (Å²) in [5.74, 6) is 0.833. The Bertz CT molecular complexity index is 875. The molecule has 0 bridgehead atoms. The van der Waals surface area contributed by atoms with Gasteiger partial charge in [-0.2, -0.15) is 15.4 Å². The largest absolute Gasteiger partial charge is 0.457 e. The minimum atomic E-state index is -0.622. The van der Waals surface area contributed by atoms with E-state index in [0.29, 0.717) is 11.4 Å². The maximum absolute atomic E-state index is 11.3. The molecule has 3 aromatic rings. The molecule has 0 saturated carbocycles. The molecule has 6 nitrogen and oxygen atoms in total. The Morgan fingerprint density at radius 2 is 1.52 bits per heavy atom. The van der Waals surface area contributed by atoms with Crippen molar-refractivity contribution in [3.05, 3.63) is 59.8 Å². The Balaban J connectivity index is 1.77. The highest BCUT2D eigenvalue weighted by Crippen LogP contribution is 2.28. The van der Waals surface area contributed by atoms with Crippen molar-refractivity contribution in [2.24, 2.45) is 5.73 Å². The fourth-order valence-electron chi connectivity index (χ4n) is 2.44. The molecule has 3 rings (SSSR count). The van der Waals surface area contributed by atoms with Crippen LogP contribution in [-0.4, -0.2) is 21.3 Å². The molecule has 128 valence electrons. The van der Waals surface area contributed by atoms with E-state index in [1.807, 2.05) is 36.4 Å². The van der Waals surface area contributed by atoms with Crippen LogP contribution in [0.25, 0.3) is 11.3 Å². The fourth-order valence-corrected chi connectivity index (χ4v) is 2.44. The van der Waals surface area contributed by atoms with Gasteiger partial charge in [0.05, 0.1) is 0 Å². The van der Waals surface area contributed by atoms with Gasteiger partial charge in [-0.15, -0.1) is 0 Å². The Kier molecular flexibility index (Phi) is 4.27. The summed E-state index contributed by atoms with van der Waals surface area (Å²) in [5.41, 5.74) is 7.92. The highest BCUT2D eigenvalue weighted by Gasteiger charge is 2.15. The Morgan fingerprint density at radius 1 is 0.960 bits per heavy atom. The Labute approximate surface area is 146 Å². The molecule has 2 aromatic carbocycles. The van der Waals surface area contributed by atoms with Gasteiger partial charge in [-0.25, -0.2) is 0 Å². The van der Waals surface area contributed by atoms with Crippen molar-refractivity contribution in [1.82, 2.24) is 15.4 Å². The standard InChI is InChI=1S/C19H20N4O2/c1-19(2,3)13-6-10-15(11-7-13)25-14-8-4-12(5-9-14)16-17(18(20)24)22-23-21-16/h4-11H,1-3H3,(H2,20,24)(H,21,22,23). The van der Waals surface area contributed by atoms with Crippen molar-refractivity contribution >= 4 is 5.91 Å². The number of amides is 1. The van der Waals surface area contributed by atoms with Crippen molar-refractivity contribution in [3.8, 4) is 22.8 Å². The van der Waals surface area contributed by atoms with Gasteiger partial charge in [0.15, 0.2) is 5.69 Å². The summed E-state index contributed by atoms with van der Waals surface area (Å²) in [7, 11) is 0. The maximum atomic E-state index is 11.3. The first-order chi connectivity index (χ1) is 11.8. The first-order valence-corrected chi connectivity index (χ1v) is 7.94. The number of rotatable bonds is 4.